The van der Waals surface area contributed by atoms with Gasteiger partial charge in [0.2, 0.25) is 0 Å². The van der Waals surface area contributed by atoms with Gasteiger partial charge in [-0.25, -0.2) is 0 Å². The molecule has 2 unspecified atom stereocenters. The van der Waals surface area contributed by atoms with Gasteiger partial charge in [-0.15, -0.1) is 0 Å². The van der Waals surface area contributed by atoms with E-state index < -0.39 is 6.10 Å². The summed E-state index contributed by atoms with van der Waals surface area (Å²) in [6.07, 6.45) is 5.10. The summed E-state index contributed by atoms with van der Waals surface area (Å²) in [5.74, 6) is 0. The molecule has 5 heteroatoms. The van der Waals surface area contributed by atoms with E-state index in [9.17, 15) is 5.11 Å². The first-order valence-electron chi connectivity index (χ1n) is 6.45. The predicted octanol–water partition coefficient (Wildman–Crippen LogP) is 1.01. The zero-order chi connectivity index (χ0) is 13.0. The topological polar surface area (TPSA) is 58.5 Å². The molecule has 1 aliphatic heterocycles. The molecule has 1 saturated heterocycles. The van der Waals surface area contributed by atoms with E-state index in [1.165, 1.54) is 0 Å². The summed E-state index contributed by atoms with van der Waals surface area (Å²) in [5.41, 5.74) is 0.313. The van der Waals surface area contributed by atoms with Crippen LogP contribution in [0.4, 0.5) is 0 Å². The largest absolute Gasteiger partial charge is 0.385 e. The van der Waals surface area contributed by atoms with Crippen molar-refractivity contribution in [3.63, 3.8) is 0 Å². The van der Waals surface area contributed by atoms with Crippen LogP contribution >= 0.6 is 0 Å². The highest BCUT2D eigenvalue weighted by molar-refractivity contribution is 5.08. The maximum Gasteiger partial charge on any atom is 0.115 e. The van der Waals surface area contributed by atoms with Crippen LogP contribution in [0.3, 0.4) is 0 Å². The van der Waals surface area contributed by atoms with Crippen molar-refractivity contribution in [2.75, 3.05) is 26.3 Å². The van der Waals surface area contributed by atoms with Gasteiger partial charge in [0.05, 0.1) is 25.1 Å². The molecule has 2 heterocycles. The predicted molar refractivity (Wildman–Crippen MR) is 68.1 cm³/mol. The number of aliphatic hydroxyl groups is 1. The Bertz CT molecular complexity index is 368. The molecule has 0 aromatic carbocycles. The molecule has 0 radical (unpaired) electrons. The normalized spacial score (nSPS) is 22.4. The first-order valence-corrected chi connectivity index (χ1v) is 6.45. The van der Waals surface area contributed by atoms with Crippen molar-refractivity contribution in [1.82, 2.24) is 14.9 Å². The van der Waals surface area contributed by atoms with Crippen LogP contribution in [0.5, 0.6) is 0 Å². The molecule has 1 aromatic heterocycles. The molecule has 0 aliphatic carbocycles. The maximum atomic E-state index is 10.6. The summed E-state index contributed by atoms with van der Waals surface area (Å²) < 4.78 is 5.37. The minimum absolute atomic E-state index is 0.320. The Kier molecular flexibility index (Phi) is 4.27. The van der Waals surface area contributed by atoms with Crippen LogP contribution in [-0.4, -0.2) is 51.8 Å². The summed E-state index contributed by atoms with van der Waals surface area (Å²) in [5, 5.41) is 10.6. The van der Waals surface area contributed by atoms with Crippen molar-refractivity contribution in [3.05, 3.63) is 24.3 Å². The Balaban J connectivity index is 2.20. The van der Waals surface area contributed by atoms with Crippen LogP contribution < -0.4 is 0 Å². The van der Waals surface area contributed by atoms with Gasteiger partial charge < -0.3 is 9.84 Å². The number of aliphatic hydroxyl groups excluding tert-OH is 1. The lowest BCUT2D eigenvalue weighted by Crippen LogP contribution is -2.54. The molecule has 0 spiro atoms. The highest BCUT2D eigenvalue weighted by Crippen LogP contribution is 2.33. The number of morpholine rings is 1. The van der Waals surface area contributed by atoms with Gasteiger partial charge in [-0.05, 0) is 13.3 Å². The lowest BCUT2D eigenvalue weighted by Gasteiger charge is -2.45. The van der Waals surface area contributed by atoms with Gasteiger partial charge in [0.15, 0.2) is 0 Å². The Morgan fingerprint density at radius 2 is 2.17 bits per heavy atom. The first kappa shape index (κ1) is 13.4. The van der Waals surface area contributed by atoms with E-state index in [2.05, 4.69) is 28.7 Å². The lowest BCUT2D eigenvalue weighted by molar-refractivity contribution is -0.0747. The van der Waals surface area contributed by atoms with Gasteiger partial charge in [0.1, 0.15) is 6.10 Å². The molecule has 18 heavy (non-hydrogen) atoms. The second-order valence-electron chi connectivity index (χ2n) is 4.84. The van der Waals surface area contributed by atoms with E-state index in [4.69, 9.17) is 4.74 Å². The number of rotatable bonds is 4. The average molecular weight is 251 g/mol. The molecule has 1 fully saturated rings. The smallest absolute Gasteiger partial charge is 0.115 e. The Labute approximate surface area is 108 Å². The van der Waals surface area contributed by atoms with Crippen molar-refractivity contribution < 1.29 is 9.84 Å². The molecule has 1 aliphatic rings. The quantitative estimate of drug-likeness (QED) is 0.865. The van der Waals surface area contributed by atoms with Crippen LogP contribution in [0.15, 0.2) is 18.6 Å². The number of nitrogens with zero attached hydrogens (tertiary/aromatic N) is 3. The molecule has 2 atom stereocenters. The Morgan fingerprint density at radius 3 is 2.72 bits per heavy atom. The van der Waals surface area contributed by atoms with E-state index in [1.54, 1.807) is 18.6 Å². The third-order valence-electron chi connectivity index (χ3n) is 3.90. The van der Waals surface area contributed by atoms with Gasteiger partial charge in [0, 0.05) is 31.0 Å². The molecular formula is C13H21N3O2. The number of hydrogen-bond acceptors (Lipinski definition) is 5. The highest BCUT2D eigenvalue weighted by atomic mass is 16.5. The van der Waals surface area contributed by atoms with Crippen molar-refractivity contribution >= 4 is 0 Å². The minimum atomic E-state index is -0.630. The molecule has 0 bridgehead atoms. The third-order valence-corrected chi connectivity index (χ3v) is 3.90. The zero-order valence-corrected chi connectivity index (χ0v) is 11.0. The summed E-state index contributed by atoms with van der Waals surface area (Å²) in [6, 6.07) is 0. The van der Waals surface area contributed by atoms with E-state index in [0.29, 0.717) is 5.69 Å². The van der Waals surface area contributed by atoms with Crippen LogP contribution in [0, 0.1) is 0 Å². The van der Waals surface area contributed by atoms with Crippen molar-refractivity contribution in [2.45, 2.75) is 31.9 Å². The fraction of sp³-hybridized carbons (Fsp3) is 0.692. The average Bonchev–Trinajstić information content (AvgIpc) is 2.47. The monoisotopic (exact) mass is 251 g/mol. The third kappa shape index (κ3) is 2.53. The van der Waals surface area contributed by atoms with Gasteiger partial charge in [-0.3, -0.25) is 14.9 Å². The molecule has 1 N–H and O–H groups in total. The molecular weight excluding hydrogens is 230 g/mol. The summed E-state index contributed by atoms with van der Waals surface area (Å²) >= 11 is 0. The molecule has 0 saturated carbocycles. The fourth-order valence-corrected chi connectivity index (χ4v) is 2.43. The van der Waals surface area contributed by atoms with Crippen LogP contribution in [0.25, 0.3) is 0 Å². The molecule has 0 amide bonds. The van der Waals surface area contributed by atoms with E-state index in [1.807, 2.05) is 0 Å². The van der Waals surface area contributed by atoms with Gasteiger partial charge >= 0.3 is 0 Å². The highest BCUT2D eigenvalue weighted by Gasteiger charge is 2.39. The van der Waals surface area contributed by atoms with Crippen molar-refractivity contribution in [2.24, 2.45) is 0 Å². The molecule has 2 rings (SSSR count). The summed E-state index contributed by atoms with van der Waals surface area (Å²) in [7, 11) is 0. The standard InChI is InChI=1S/C13H21N3O2/c1-3-13(2,16-6-8-18-9-7-16)12(17)11-10-14-4-5-15-11/h4-5,10,12,17H,3,6-9H2,1-2H3. The van der Waals surface area contributed by atoms with Crippen LogP contribution in [-0.2, 0) is 4.74 Å². The SMILES string of the molecule is CCC(C)(C(O)c1cnccn1)N1CCOCC1. The van der Waals surface area contributed by atoms with Crippen LogP contribution in [0.2, 0.25) is 0 Å². The molecule has 100 valence electrons. The second-order valence-corrected chi connectivity index (χ2v) is 4.84. The number of aromatic nitrogens is 2. The van der Waals surface area contributed by atoms with Gasteiger partial charge in [-0.1, -0.05) is 6.92 Å². The van der Waals surface area contributed by atoms with E-state index in [-0.39, 0.29) is 5.54 Å². The fourth-order valence-electron chi connectivity index (χ4n) is 2.43. The van der Waals surface area contributed by atoms with Crippen LogP contribution in [0.1, 0.15) is 32.1 Å². The number of ether oxygens (including phenoxy) is 1. The first-order chi connectivity index (χ1) is 8.68. The van der Waals surface area contributed by atoms with Crippen molar-refractivity contribution in [1.29, 1.82) is 0 Å². The summed E-state index contributed by atoms with van der Waals surface area (Å²) in [6.45, 7) is 7.32. The Morgan fingerprint density at radius 1 is 1.44 bits per heavy atom. The van der Waals surface area contributed by atoms with Gasteiger partial charge in [0.25, 0.3) is 0 Å². The zero-order valence-electron chi connectivity index (χ0n) is 11.0. The maximum absolute atomic E-state index is 10.6. The van der Waals surface area contributed by atoms with Gasteiger partial charge in [-0.2, -0.15) is 0 Å². The summed E-state index contributed by atoms with van der Waals surface area (Å²) in [4.78, 5) is 10.5. The second kappa shape index (κ2) is 5.73. The minimum Gasteiger partial charge on any atom is -0.385 e. The van der Waals surface area contributed by atoms with Crippen molar-refractivity contribution in [3.8, 4) is 0 Å². The lowest BCUT2D eigenvalue weighted by atomic mass is 9.87. The number of hydrogen-bond donors (Lipinski definition) is 1. The Hall–Kier alpha value is -1.04. The molecule has 5 nitrogen and oxygen atoms in total. The van der Waals surface area contributed by atoms with E-state index in [0.717, 1.165) is 32.7 Å². The van der Waals surface area contributed by atoms with E-state index >= 15 is 0 Å². The molecule has 1 aromatic rings.